The van der Waals surface area contributed by atoms with Crippen LogP contribution in [0, 0.1) is 0 Å². The maximum absolute atomic E-state index is 2.35. The predicted octanol–water partition coefficient (Wildman–Crippen LogP) is 5.12. The predicted molar refractivity (Wildman–Crippen MR) is 135 cm³/mol. The molecule has 0 N–H and O–H groups in total. The van der Waals surface area contributed by atoms with Crippen LogP contribution in [0.4, 0.5) is 0 Å². The van der Waals surface area contributed by atoms with Gasteiger partial charge in [0.15, 0.2) is 0 Å². The molecular formula is C30H24Si. The lowest BCUT2D eigenvalue weighted by molar-refractivity contribution is 1.05. The van der Waals surface area contributed by atoms with Crippen molar-refractivity contribution >= 4 is 32.0 Å². The Labute approximate surface area is 186 Å². The van der Waals surface area contributed by atoms with Gasteiger partial charge in [0.25, 0.3) is 0 Å². The lowest BCUT2D eigenvalue weighted by Gasteiger charge is -2.13. The number of fused-ring (bicyclic) bond motifs is 2. The molecule has 6 rings (SSSR count). The van der Waals surface area contributed by atoms with E-state index in [-0.39, 0.29) is 0 Å². The van der Waals surface area contributed by atoms with Crippen LogP contribution in [-0.4, -0.2) is 9.52 Å². The Morgan fingerprint density at radius 1 is 0.452 bits per heavy atom. The number of hydrogen-bond acceptors (Lipinski definition) is 0. The van der Waals surface area contributed by atoms with E-state index in [1.165, 1.54) is 43.8 Å². The standard InChI is InChI=1S/C30H24Si/c1-3-7-27-21(5-1)13-19-29(27)23-9-15-25(16-10-23)31-26-17-11-24(12-18-26)30-20-14-22-6-2-4-8-28(22)30/h1-20,29-30H,31H2. The Morgan fingerprint density at radius 3 is 1.32 bits per heavy atom. The molecule has 0 bridgehead atoms. The highest BCUT2D eigenvalue weighted by atomic mass is 28.2. The first-order valence-electron chi connectivity index (χ1n) is 11.1. The van der Waals surface area contributed by atoms with Crippen LogP contribution in [0.3, 0.4) is 0 Å². The van der Waals surface area contributed by atoms with Gasteiger partial charge in [0.05, 0.1) is 9.52 Å². The molecule has 0 fully saturated rings. The van der Waals surface area contributed by atoms with Crippen LogP contribution < -0.4 is 10.4 Å². The maximum atomic E-state index is 2.35. The first-order valence-corrected chi connectivity index (χ1v) is 12.5. The van der Waals surface area contributed by atoms with Crippen LogP contribution in [0.1, 0.15) is 45.2 Å². The Balaban J connectivity index is 1.17. The van der Waals surface area contributed by atoms with Crippen LogP contribution >= 0.6 is 0 Å². The molecule has 0 spiro atoms. The summed E-state index contributed by atoms with van der Waals surface area (Å²) in [7, 11) is -0.463. The Morgan fingerprint density at radius 2 is 0.871 bits per heavy atom. The van der Waals surface area contributed by atoms with Gasteiger partial charge in [-0.3, -0.25) is 0 Å². The maximum Gasteiger partial charge on any atom is 0.0875 e. The zero-order chi connectivity index (χ0) is 20.6. The Bertz CT molecular complexity index is 1190. The second kappa shape index (κ2) is 7.68. The fourth-order valence-corrected chi connectivity index (χ4v) is 6.42. The molecule has 0 aromatic heterocycles. The van der Waals surface area contributed by atoms with E-state index < -0.39 is 9.52 Å². The SMILES string of the molecule is C1=CC(c2ccc([SiH2]c3ccc(C4C=Cc5ccccc54)cc3)cc2)c2ccccc21. The summed E-state index contributed by atoms with van der Waals surface area (Å²) in [6.07, 6.45) is 9.15. The van der Waals surface area contributed by atoms with Crippen molar-refractivity contribution in [1.82, 2.24) is 0 Å². The topological polar surface area (TPSA) is 0 Å². The quantitative estimate of drug-likeness (QED) is 0.408. The highest BCUT2D eigenvalue weighted by molar-refractivity contribution is 6.67. The lowest BCUT2D eigenvalue weighted by atomic mass is 9.93. The van der Waals surface area contributed by atoms with Crippen LogP contribution in [-0.2, 0) is 0 Å². The third-order valence-electron chi connectivity index (χ3n) is 6.68. The molecule has 0 saturated heterocycles. The van der Waals surface area contributed by atoms with Crippen molar-refractivity contribution in [1.29, 1.82) is 0 Å². The van der Waals surface area contributed by atoms with Gasteiger partial charge in [-0.2, -0.15) is 0 Å². The lowest BCUT2D eigenvalue weighted by Crippen LogP contribution is -2.27. The molecule has 2 aliphatic carbocycles. The van der Waals surface area contributed by atoms with Crippen molar-refractivity contribution in [2.75, 3.05) is 0 Å². The van der Waals surface area contributed by atoms with Gasteiger partial charge in [-0.05, 0) is 33.4 Å². The van der Waals surface area contributed by atoms with Crippen LogP contribution in [0.5, 0.6) is 0 Å². The third kappa shape index (κ3) is 3.41. The molecule has 148 valence electrons. The molecule has 0 heterocycles. The summed E-state index contributed by atoms with van der Waals surface area (Å²) in [4.78, 5) is 0. The molecule has 4 aromatic carbocycles. The first kappa shape index (κ1) is 18.4. The van der Waals surface area contributed by atoms with Crippen molar-refractivity contribution in [2.45, 2.75) is 11.8 Å². The first-order chi connectivity index (χ1) is 15.3. The van der Waals surface area contributed by atoms with E-state index in [1.807, 2.05) is 0 Å². The van der Waals surface area contributed by atoms with Crippen LogP contribution in [0.25, 0.3) is 12.2 Å². The van der Waals surface area contributed by atoms with Crippen LogP contribution in [0.15, 0.2) is 109 Å². The number of rotatable bonds is 4. The van der Waals surface area contributed by atoms with E-state index in [0.717, 1.165) is 0 Å². The van der Waals surface area contributed by atoms with Gasteiger partial charge in [-0.15, -0.1) is 0 Å². The number of hydrogen-bond donors (Lipinski definition) is 0. The fourth-order valence-electron chi connectivity index (χ4n) is 5.00. The summed E-state index contributed by atoms with van der Waals surface area (Å²) >= 11 is 0. The van der Waals surface area contributed by atoms with E-state index in [9.17, 15) is 0 Å². The number of benzene rings is 4. The van der Waals surface area contributed by atoms with Gasteiger partial charge in [0, 0.05) is 11.8 Å². The molecule has 4 aromatic rings. The van der Waals surface area contributed by atoms with E-state index in [0.29, 0.717) is 11.8 Å². The average Bonchev–Trinajstić information content (AvgIpc) is 3.45. The molecule has 31 heavy (non-hydrogen) atoms. The van der Waals surface area contributed by atoms with E-state index in [2.05, 4.69) is 121 Å². The Hall–Kier alpha value is -3.42. The van der Waals surface area contributed by atoms with Gasteiger partial charge in [0.1, 0.15) is 0 Å². The normalized spacial score (nSPS) is 18.6. The van der Waals surface area contributed by atoms with E-state index >= 15 is 0 Å². The molecule has 2 aliphatic rings. The zero-order valence-corrected chi connectivity index (χ0v) is 18.8. The highest BCUT2D eigenvalue weighted by Crippen LogP contribution is 2.35. The van der Waals surface area contributed by atoms with Crippen LogP contribution in [0.2, 0.25) is 0 Å². The summed E-state index contributed by atoms with van der Waals surface area (Å²) in [6.45, 7) is 0. The van der Waals surface area contributed by atoms with Gasteiger partial charge < -0.3 is 0 Å². The molecular weight excluding hydrogens is 388 g/mol. The van der Waals surface area contributed by atoms with Crippen molar-refractivity contribution in [3.8, 4) is 0 Å². The Kier molecular flexibility index (Phi) is 4.55. The van der Waals surface area contributed by atoms with Gasteiger partial charge in [-0.1, -0.05) is 132 Å². The van der Waals surface area contributed by atoms with Crippen molar-refractivity contribution in [2.24, 2.45) is 0 Å². The fraction of sp³-hybridized carbons (Fsp3) is 0.0667. The average molecular weight is 413 g/mol. The van der Waals surface area contributed by atoms with Crippen molar-refractivity contribution in [3.05, 3.63) is 143 Å². The molecule has 2 atom stereocenters. The molecule has 0 saturated carbocycles. The van der Waals surface area contributed by atoms with Gasteiger partial charge >= 0.3 is 0 Å². The monoisotopic (exact) mass is 412 g/mol. The molecule has 0 amide bonds. The summed E-state index contributed by atoms with van der Waals surface area (Å²) < 4.78 is 0. The van der Waals surface area contributed by atoms with Crippen molar-refractivity contribution < 1.29 is 0 Å². The minimum absolute atomic E-state index is 0.397. The third-order valence-corrected chi connectivity index (χ3v) is 8.44. The second-order valence-corrected chi connectivity index (χ2v) is 10.6. The largest absolute Gasteiger partial charge is 0.0875 e. The summed E-state index contributed by atoms with van der Waals surface area (Å²) in [5.74, 6) is 0.794. The van der Waals surface area contributed by atoms with Gasteiger partial charge in [0.2, 0.25) is 0 Å². The van der Waals surface area contributed by atoms with Crippen molar-refractivity contribution in [3.63, 3.8) is 0 Å². The minimum atomic E-state index is -0.463. The van der Waals surface area contributed by atoms with E-state index in [1.54, 1.807) is 0 Å². The summed E-state index contributed by atoms with van der Waals surface area (Å²) in [5, 5.41) is 3.00. The molecule has 0 radical (unpaired) electrons. The molecule has 0 nitrogen and oxygen atoms in total. The molecule has 0 aliphatic heterocycles. The number of allylic oxidation sites excluding steroid dienone is 2. The molecule has 1 heteroatoms. The van der Waals surface area contributed by atoms with Gasteiger partial charge in [-0.25, -0.2) is 0 Å². The smallest absolute Gasteiger partial charge is 0.0720 e. The summed E-state index contributed by atoms with van der Waals surface area (Å²) in [5.41, 5.74) is 8.33. The highest BCUT2D eigenvalue weighted by Gasteiger charge is 2.19. The minimum Gasteiger partial charge on any atom is -0.0720 e. The van der Waals surface area contributed by atoms with E-state index in [4.69, 9.17) is 0 Å². The zero-order valence-electron chi connectivity index (χ0n) is 17.4. The summed E-state index contributed by atoms with van der Waals surface area (Å²) in [6, 6.07) is 36.1. The molecule has 2 unspecified atom stereocenters. The second-order valence-electron chi connectivity index (χ2n) is 8.59.